The van der Waals surface area contributed by atoms with Gasteiger partial charge in [-0.1, -0.05) is 0 Å². The molecule has 0 saturated heterocycles. The molecular formula is C7H8F3N3O2. The van der Waals surface area contributed by atoms with Crippen molar-refractivity contribution >= 4 is 5.82 Å². The SMILES string of the molecule is Nc1cc(OCCO)nc(C(F)(F)F)n1. The third-order valence-corrected chi connectivity index (χ3v) is 1.32. The molecule has 0 unspecified atom stereocenters. The van der Waals surface area contributed by atoms with Crippen LogP contribution in [0.5, 0.6) is 5.88 Å². The van der Waals surface area contributed by atoms with Crippen LogP contribution in [-0.2, 0) is 6.18 Å². The molecule has 3 N–H and O–H groups in total. The molecule has 1 rings (SSSR count). The van der Waals surface area contributed by atoms with Gasteiger partial charge in [0.2, 0.25) is 11.7 Å². The molecule has 0 bridgehead atoms. The van der Waals surface area contributed by atoms with Crippen LogP contribution in [0.4, 0.5) is 19.0 Å². The summed E-state index contributed by atoms with van der Waals surface area (Å²) in [5.74, 6) is -2.02. The Morgan fingerprint density at radius 1 is 1.40 bits per heavy atom. The predicted octanol–water partition coefficient (Wildman–Crippen LogP) is 0.449. The zero-order chi connectivity index (χ0) is 11.5. The maximum absolute atomic E-state index is 12.2. The second-order valence-electron chi connectivity index (χ2n) is 2.52. The lowest BCUT2D eigenvalue weighted by Gasteiger charge is -2.08. The molecule has 0 saturated carbocycles. The first-order chi connectivity index (χ1) is 6.93. The Morgan fingerprint density at radius 2 is 2.07 bits per heavy atom. The molecule has 5 nitrogen and oxygen atoms in total. The summed E-state index contributed by atoms with van der Waals surface area (Å²) < 4.78 is 41.2. The van der Waals surface area contributed by atoms with Gasteiger partial charge in [0.1, 0.15) is 12.4 Å². The van der Waals surface area contributed by atoms with Gasteiger partial charge in [-0.25, -0.2) is 4.98 Å². The lowest BCUT2D eigenvalue weighted by atomic mass is 10.5. The van der Waals surface area contributed by atoms with Crippen LogP contribution < -0.4 is 10.5 Å². The predicted molar refractivity (Wildman–Crippen MR) is 44.0 cm³/mol. The van der Waals surface area contributed by atoms with E-state index in [1.165, 1.54) is 0 Å². The van der Waals surface area contributed by atoms with Gasteiger partial charge in [-0.3, -0.25) is 0 Å². The first-order valence-corrected chi connectivity index (χ1v) is 3.89. The van der Waals surface area contributed by atoms with Gasteiger partial charge >= 0.3 is 6.18 Å². The zero-order valence-corrected chi connectivity index (χ0v) is 7.45. The van der Waals surface area contributed by atoms with Crippen molar-refractivity contribution in [3.63, 3.8) is 0 Å². The van der Waals surface area contributed by atoms with Crippen molar-refractivity contribution in [2.75, 3.05) is 18.9 Å². The second kappa shape index (κ2) is 4.30. The monoisotopic (exact) mass is 223 g/mol. The summed E-state index contributed by atoms with van der Waals surface area (Å²) in [6.07, 6.45) is -4.67. The number of alkyl halides is 3. The fourth-order valence-corrected chi connectivity index (χ4v) is 0.794. The smallest absolute Gasteiger partial charge is 0.451 e. The topological polar surface area (TPSA) is 81.3 Å². The Hall–Kier alpha value is -1.57. The van der Waals surface area contributed by atoms with Crippen LogP contribution in [0, 0.1) is 0 Å². The van der Waals surface area contributed by atoms with Crippen molar-refractivity contribution in [2.45, 2.75) is 6.18 Å². The normalized spacial score (nSPS) is 11.5. The van der Waals surface area contributed by atoms with Gasteiger partial charge in [-0.05, 0) is 0 Å². The van der Waals surface area contributed by atoms with E-state index < -0.39 is 12.0 Å². The highest BCUT2D eigenvalue weighted by molar-refractivity contribution is 5.33. The van der Waals surface area contributed by atoms with Crippen LogP contribution >= 0.6 is 0 Å². The molecule has 0 fully saturated rings. The van der Waals surface area contributed by atoms with E-state index in [2.05, 4.69) is 9.97 Å². The number of halogens is 3. The van der Waals surface area contributed by atoms with Crippen LogP contribution in [0.1, 0.15) is 5.82 Å². The number of nitrogens with zero attached hydrogens (tertiary/aromatic N) is 2. The van der Waals surface area contributed by atoms with Crippen LogP contribution in [0.2, 0.25) is 0 Å². The third kappa shape index (κ3) is 3.24. The van der Waals surface area contributed by atoms with Gasteiger partial charge in [0.25, 0.3) is 0 Å². The fourth-order valence-electron chi connectivity index (χ4n) is 0.794. The van der Waals surface area contributed by atoms with Gasteiger partial charge in [0.05, 0.1) is 6.61 Å². The van der Waals surface area contributed by atoms with Gasteiger partial charge in [0.15, 0.2) is 0 Å². The van der Waals surface area contributed by atoms with E-state index in [0.717, 1.165) is 6.07 Å². The number of aliphatic hydroxyl groups is 1. The average molecular weight is 223 g/mol. The molecule has 0 aromatic carbocycles. The number of hydrogen-bond acceptors (Lipinski definition) is 5. The van der Waals surface area contributed by atoms with E-state index in [-0.39, 0.29) is 24.9 Å². The summed E-state index contributed by atoms with van der Waals surface area (Å²) in [5.41, 5.74) is 5.13. The number of hydrogen-bond donors (Lipinski definition) is 2. The van der Waals surface area contributed by atoms with Crippen LogP contribution in [-0.4, -0.2) is 28.3 Å². The van der Waals surface area contributed by atoms with Gasteiger partial charge in [-0.2, -0.15) is 18.2 Å². The average Bonchev–Trinajstić information content (AvgIpc) is 2.12. The zero-order valence-electron chi connectivity index (χ0n) is 7.45. The highest BCUT2D eigenvalue weighted by Crippen LogP contribution is 2.28. The molecule has 0 radical (unpaired) electrons. The summed E-state index contributed by atoms with van der Waals surface area (Å²) in [4.78, 5) is 6.11. The first kappa shape index (κ1) is 11.5. The Morgan fingerprint density at radius 3 is 2.60 bits per heavy atom. The molecule has 0 amide bonds. The van der Waals surface area contributed by atoms with E-state index in [1.807, 2.05) is 0 Å². The van der Waals surface area contributed by atoms with Crippen LogP contribution in [0.15, 0.2) is 6.07 Å². The number of rotatable bonds is 3. The highest BCUT2D eigenvalue weighted by atomic mass is 19.4. The molecule has 8 heteroatoms. The van der Waals surface area contributed by atoms with Crippen molar-refractivity contribution < 1.29 is 23.0 Å². The minimum Gasteiger partial charge on any atom is -0.475 e. The maximum Gasteiger partial charge on any atom is 0.451 e. The quantitative estimate of drug-likeness (QED) is 0.777. The molecule has 0 atom stereocenters. The molecule has 0 aliphatic rings. The lowest BCUT2D eigenvalue weighted by molar-refractivity contribution is -0.145. The Bertz CT molecular complexity index is 343. The summed E-state index contributed by atoms with van der Waals surface area (Å²) in [6.45, 7) is -0.487. The Kier molecular flexibility index (Phi) is 3.30. The van der Waals surface area contributed by atoms with Crippen molar-refractivity contribution in [1.82, 2.24) is 9.97 Å². The largest absolute Gasteiger partial charge is 0.475 e. The number of ether oxygens (including phenoxy) is 1. The van der Waals surface area contributed by atoms with Gasteiger partial charge < -0.3 is 15.6 Å². The van der Waals surface area contributed by atoms with E-state index in [1.54, 1.807) is 0 Å². The van der Waals surface area contributed by atoms with E-state index in [0.29, 0.717) is 0 Å². The van der Waals surface area contributed by atoms with Crippen molar-refractivity contribution in [1.29, 1.82) is 0 Å². The maximum atomic E-state index is 12.2. The number of aromatic nitrogens is 2. The third-order valence-electron chi connectivity index (χ3n) is 1.32. The molecule has 0 aliphatic heterocycles. The van der Waals surface area contributed by atoms with Crippen molar-refractivity contribution in [2.24, 2.45) is 0 Å². The molecule has 0 spiro atoms. The minimum atomic E-state index is -4.67. The number of aliphatic hydroxyl groups excluding tert-OH is 1. The lowest BCUT2D eigenvalue weighted by Crippen LogP contribution is -2.14. The summed E-state index contributed by atoms with van der Waals surface area (Å²) in [6, 6.07) is 1.05. The van der Waals surface area contributed by atoms with Crippen LogP contribution in [0.25, 0.3) is 0 Å². The summed E-state index contributed by atoms with van der Waals surface area (Å²) in [5, 5.41) is 8.40. The van der Waals surface area contributed by atoms with Gasteiger partial charge in [0, 0.05) is 6.07 Å². The Labute approximate surface area is 82.7 Å². The summed E-state index contributed by atoms with van der Waals surface area (Å²) >= 11 is 0. The number of nitrogen functional groups attached to an aromatic ring is 1. The standard InChI is InChI=1S/C7H8F3N3O2/c8-7(9,10)6-12-4(11)3-5(13-6)15-2-1-14/h3,14H,1-2H2,(H2,11,12,13). The van der Waals surface area contributed by atoms with E-state index >= 15 is 0 Å². The molecule has 84 valence electrons. The first-order valence-electron chi connectivity index (χ1n) is 3.89. The molecular weight excluding hydrogens is 215 g/mol. The molecule has 1 aromatic rings. The van der Waals surface area contributed by atoms with Crippen molar-refractivity contribution in [3.05, 3.63) is 11.9 Å². The Balaban J connectivity index is 2.95. The number of nitrogens with two attached hydrogens (primary N) is 1. The van der Waals surface area contributed by atoms with E-state index in [4.69, 9.17) is 15.6 Å². The van der Waals surface area contributed by atoms with Gasteiger partial charge in [-0.15, -0.1) is 0 Å². The second-order valence-corrected chi connectivity index (χ2v) is 2.52. The molecule has 1 aromatic heterocycles. The van der Waals surface area contributed by atoms with Crippen LogP contribution in [0.3, 0.4) is 0 Å². The number of anilines is 1. The highest BCUT2D eigenvalue weighted by Gasteiger charge is 2.35. The fraction of sp³-hybridized carbons (Fsp3) is 0.429. The van der Waals surface area contributed by atoms with Crippen molar-refractivity contribution in [3.8, 4) is 5.88 Å². The van der Waals surface area contributed by atoms with E-state index in [9.17, 15) is 13.2 Å². The molecule has 15 heavy (non-hydrogen) atoms. The molecule has 0 aliphatic carbocycles. The summed E-state index contributed by atoms with van der Waals surface area (Å²) in [7, 11) is 0. The minimum absolute atomic E-state index is 0.159. The molecule has 1 heterocycles.